The highest BCUT2D eigenvalue weighted by Gasteiger charge is 2.13. The summed E-state index contributed by atoms with van der Waals surface area (Å²) in [6, 6.07) is 3.95. The molecule has 0 aliphatic carbocycles. The Morgan fingerprint density at radius 1 is 1.24 bits per heavy atom. The molecule has 0 aliphatic heterocycles. The molecule has 1 rings (SSSR count). The fourth-order valence-electron chi connectivity index (χ4n) is 2.05. The van der Waals surface area contributed by atoms with Crippen molar-refractivity contribution in [2.24, 2.45) is 0 Å². The monoisotopic (exact) mass is 295 g/mol. The lowest BCUT2D eigenvalue weighted by Gasteiger charge is -2.13. The average molecular weight is 295 g/mol. The first-order chi connectivity index (χ1) is 9.81. The van der Waals surface area contributed by atoms with Crippen LogP contribution in [0.5, 0.6) is 5.75 Å². The van der Waals surface area contributed by atoms with Crippen LogP contribution in [0.1, 0.15) is 23.1 Å². The summed E-state index contributed by atoms with van der Waals surface area (Å²) in [6.07, 6.45) is -1.50. The quantitative estimate of drug-likeness (QED) is 0.696. The van der Waals surface area contributed by atoms with Crippen molar-refractivity contribution >= 4 is 11.9 Å². The van der Waals surface area contributed by atoms with Gasteiger partial charge < -0.3 is 20.3 Å². The molecule has 0 bridgehead atoms. The topological polar surface area (TPSA) is 95.9 Å². The third-order valence-electron chi connectivity index (χ3n) is 2.98. The highest BCUT2D eigenvalue weighted by atomic mass is 16.5. The summed E-state index contributed by atoms with van der Waals surface area (Å²) in [5.41, 5.74) is 3.05. The second-order valence-electron chi connectivity index (χ2n) is 5.01. The van der Waals surface area contributed by atoms with Gasteiger partial charge in [0.2, 0.25) is 0 Å². The minimum absolute atomic E-state index is 0.0380. The van der Waals surface area contributed by atoms with Crippen LogP contribution in [0, 0.1) is 20.8 Å². The number of aliphatic carboxylic acids is 1. The summed E-state index contributed by atoms with van der Waals surface area (Å²) < 4.78 is 5.50. The molecule has 3 N–H and O–H groups in total. The van der Waals surface area contributed by atoms with E-state index in [4.69, 9.17) is 14.9 Å². The number of nitrogens with one attached hydrogen (secondary N) is 1. The molecule has 0 heterocycles. The number of amides is 1. The molecule has 116 valence electrons. The molecular formula is C15H21NO5. The van der Waals surface area contributed by atoms with Gasteiger partial charge in [0, 0.05) is 13.0 Å². The van der Waals surface area contributed by atoms with Crippen LogP contribution in [0.25, 0.3) is 0 Å². The van der Waals surface area contributed by atoms with E-state index >= 15 is 0 Å². The van der Waals surface area contributed by atoms with Crippen LogP contribution in [0.3, 0.4) is 0 Å². The number of benzene rings is 1. The number of aliphatic hydroxyl groups is 1. The summed E-state index contributed by atoms with van der Waals surface area (Å²) in [7, 11) is 0. The van der Waals surface area contributed by atoms with Gasteiger partial charge in [0.05, 0.1) is 0 Å². The third-order valence-corrected chi connectivity index (χ3v) is 2.98. The summed E-state index contributed by atoms with van der Waals surface area (Å²) >= 11 is 0. The number of carbonyl (C=O) groups is 2. The average Bonchev–Trinajstić information content (AvgIpc) is 2.37. The molecule has 0 saturated heterocycles. The third kappa shape index (κ3) is 5.43. The minimum atomic E-state index is -1.46. The molecule has 0 fully saturated rings. The fraction of sp³-hybridized carbons (Fsp3) is 0.467. The normalized spacial score (nSPS) is 11.8. The Hall–Kier alpha value is -2.08. The number of aryl methyl sites for hydroxylation is 3. The molecule has 0 saturated carbocycles. The molecule has 0 radical (unpaired) electrons. The summed E-state index contributed by atoms with van der Waals surface area (Å²) in [6.45, 7) is 5.76. The number of rotatable bonds is 7. The Bertz CT molecular complexity index is 504. The largest absolute Gasteiger partial charge is 0.483 e. The maximum absolute atomic E-state index is 11.6. The van der Waals surface area contributed by atoms with Gasteiger partial charge in [-0.25, -0.2) is 4.79 Å². The molecule has 1 amide bonds. The number of hydrogen-bond acceptors (Lipinski definition) is 4. The molecule has 0 aliphatic rings. The van der Waals surface area contributed by atoms with E-state index in [9.17, 15) is 9.59 Å². The molecular weight excluding hydrogens is 274 g/mol. The van der Waals surface area contributed by atoms with Gasteiger partial charge in [-0.15, -0.1) is 0 Å². The zero-order valence-corrected chi connectivity index (χ0v) is 12.5. The lowest BCUT2D eigenvalue weighted by Crippen LogP contribution is -2.33. The van der Waals surface area contributed by atoms with E-state index in [-0.39, 0.29) is 25.5 Å². The molecule has 0 spiro atoms. The standard InChI is InChI=1S/C15H21NO5/c1-9-6-10(2)14(11(3)7-9)21-8-13(18)16-5-4-12(17)15(19)20/h6-7,12,17H,4-5,8H2,1-3H3,(H,16,18)(H,19,20)/t12-/m0/s1. The SMILES string of the molecule is Cc1cc(C)c(OCC(=O)NCC[C@H](O)C(=O)O)c(C)c1. The summed E-state index contributed by atoms with van der Waals surface area (Å²) in [5, 5.41) is 20.1. The molecule has 6 nitrogen and oxygen atoms in total. The van der Waals surface area contributed by atoms with E-state index in [0.29, 0.717) is 5.75 Å². The Kier molecular flexibility index (Phi) is 6.17. The van der Waals surface area contributed by atoms with Crippen LogP contribution in [-0.2, 0) is 9.59 Å². The van der Waals surface area contributed by atoms with E-state index < -0.39 is 12.1 Å². The van der Waals surface area contributed by atoms with Gasteiger partial charge >= 0.3 is 5.97 Å². The minimum Gasteiger partial charge on any atom is -0.483 e. The predicted octanol–water partition coefficient (Wildman–Crippen LogP) is 0.942. The lowest BCUT2D eigenvalue weighted by molar-refractivity contribution is -0.147. The van der Waals surface area contributed by atoms with Gasteiger partial charge in [-0.1, -0.05) is 17.7 Å². The maximum Gasteiger partial charge on any atom is 0.332 e. The first-order valence-electron chi connectivity index (χ1n) is 6.69. The van der Waals surface area contributed by atoms with Crippen molar-refractivity contribution < 1.29 is 24.5 Å². The van der Waals surface area contributed by atoms with Crippen molar-refractivity contribution in [2.75, 3.05) is 13.2 Å². The summed E-state index contributed by atoms with van der Waals surface area (Å²) in [4.78, 5) is 22.0. The second kappa shape index (κ2) is 7.64. The van der Waals surface area contributed by atoms with Gasteiger partial charge in [-0.2, -0.15) is 0 Å². The predicted molar refractivity (Wildman–Crippen MR) is 77.4 cm³/mol. The lowest BCUT2D eigenvalue weighted by atomic mass is 10.1. The molecule has 21 heavy (non-hydrogen) atoms. The number of hydrogen-bond donors (Lipinski definition) is 3. The highest BCUT2D eigenvalue weighted by molar-refractivity contribution is 5.77. The first-order valence-corrected chi connectivity index (χ1v) is 6.69. The van der Waals surface area contributed by atoms with E-state index in [0.717, 1.165) is 16.7 Å². The van der Waals surface area contributed by atoms with Gasteiger partial charge in [-0.05, 0) is 31.9 Å². The van der Waals surface area contributed by atoms with Crippen LogP contribution in [-0.4, -0.2) is 41.3 Å². The Balaban J connectivity index is 2.42. The van der Waals surface area contributed by atoms with E-state index in [1.165, 1.54) is 0 Å². The number of carboxylic acids is 1. The molecule has 1 aromatic carbocycles. The molecule has 0 aromatic heterocycles. The van der Waals surface area contributed by atoms with Crippen LogP contribution < -0.4 is 10.1 Å². The fourth-order valence-corrected chi connectivity index (χ4v) is 2.05. The van der Waals surface area contributed by atoms with Crippen molar-refractivity contribution in [1.29, 1.82) is 0 Å². The molecule has 1 aromatic rings. The van der Waals surface area contributed by atoms with Crippen LogP contribution in [0.4, 0.5) is 0 Å². The number of aliphatic hydroxyl groups excluding tert-OH is 1. The Labute approximate surface area is 123 Å². The van der Waals surface area contributed by atoms with Crippen LogP contribution >= 0.6 is 0 Å². The van der Waals surface area contributed by atoms with E-state index in [2.05, 4.69) is 5.32 Å². The van der Waals surface area contributed by atoms with Gasteiger partial charge in [0.25, 0.3) is 5.91 Å². The first kappa shape index (κ1) is 17.0. The number of carbonyl (C=O) groups excluding carboxylic acids is 1. The zero-order valence-electron chi connectivity index (χ0n) is 12.5. The van der Waals surface area contributed by atoms with Gasteiger partial charge in [0.1, 0.15) is 5.75 Å². The van der Waals surface area contributed by atoms with Crippen molar-refractivity contribution in [3.8, 4) is 5.75 Å². The van der Waals surface area contributed by atoms with E-state index in [1.807, 2.05) is 32.9 Å². The maximum atomic E-state index is 11.6. The number of ether oxygens (including phenoxy) is 1. The molecule has 0 unspecified atom stereocenters. The highest BCUT2D eigenvalue weighted by Crippen LogP contribution is 2.24. The second-order valence-corrected chi connectivity index (χ2v) is 5.01. The zero-order chi connectivity index (χ0) is 16.0. The Morgan fingerprint density at radius 3 is 2.33 bits per heavy atom. The van der Waals surface area contributed by atoms with Crippen molar-refractivity contribution in [1.82, 2.24) is 5.32 Å². The summed E-state index contributed by atoms with van der Waals surface area (Å²) in [5.74, 6) is -0.973. The number of carboxylic acid groups (broad SMARTS) is 1. The van der Waals surface area contributed by atoms with Crippen LogP contribution in [0.15, 0.2) is 12.1 Å². The van der Waals surface area contributed by atoms with Crippen molar-refractivity contribution in [3.05, 3.63) is 28.8 Å². The van der Waals surface area contributed by atoms with Gasteiger partial charge in [-0.3, -0.25) is 4.79 Å². The molecule has 1 atom stereocenters. The van der Waals surface area contributed by atoms with E-state index in [1.54, 1.807) is 0 Å². The van der Waals surface area contributed by atoms with Crippen LogP contribution in [0.2, 0.25) is 0 Å². The van der Waals surface area contributed by atoms with Gasteiger partial charge in [0.15, 0.2) is 12.7 Å². The molecule has 6 heteroatoms. The smallest absolute Gasteiger partial charge is 0.332 e. The van der Waals surface area contributed by atoms with Crippen molar-refractivity contribution in [2.45, 2.75) is 33.3 Å². The van der Waals surface area contributed by atoms with Crippen molar-refractivity contribution in [3.63, 3.8) is 0 Å². The Morgan fingerprint density at radius 2 is 1.81 bits per heavy atom.